The summed E-state index contributed by atoms with van der Waals surface area (Å²) in [6.45, 7) is 2.84. The first-order chi connectivity index (χ1) is 8.60. The number of hydrogen-bond donors (Lipinski definition) is 0. The second-order valence-corrected chi connectivity index (χ2v) is 4.51. The Morgan fingerprint density at radius 1 is 1.56 bits per heavy atom. The van der Waals surface area contributed by atoms with Crippen LogP contribution in [0.5, 0.6) is 0 Å². The number of amides is 1. The number of hydrogen-bond acceptors (Lipinski definition) is 4. The lowest BCUT2D eigenvalue weighted by molar-refractivity contribution is -0.145. The Morgan fingerprint density at radius 2 is 2.33 bits per heavy atom. The molecular weight excluding hydrogens is 232 g/mol. The van der Waals surface area contributed by atoms with Gasteiger partial charge in [-0.1, -0.05) is 6.07 Å². The zero-order chi connectivity index (χ0) is 13.1. The molecule has 5 nitrogen and oxygen atoms in total. The molecule has 5 heteroatoms. The number of esters is 1. The zero-order valence-corrected chi connectivity index (χ0v) is 10.5. The van der Waals surface area contributed by atoms with E-state index in [2.05, 4.69) is 9.72 Å². The number of nitrogens with zero attached hydrogens (tertiary/aromatic N) is 2. The first-order valence-electron chi connectivity index (χ1n) is 5.87. The van der Waals surface area contributed by atoms with Crippen LogP contribution in [0.3, 0.4) is 0 Å². The standard InChI is InChI=1S/C13H16N2O3/c1-9-3-4-10(6-14-9)7-15-8-11(5-12(15)16)13(17)18-2/h3-4,6,11H,5,7-8H2,1-2H3. The lowest BCUT2D eigenvalue weighted by Crippen LogP contribution is -2.26. The highest BCUT2D eigenvalue weighted by atomic mass is 16.5. The van der Waals surface area contributed by atoms with Gasteiger partial charge in [0.1, 0.15) is 0 Å². The van der Waals surface area contributed by atoms with Crippen LogP contribution in [0.15, 0.2) is 18.3 Å². The molecule has 1 aliphatic rings. The summed E-state index contributed by atoms with van der Waals surface area (Å²) in [6.07, 6.45) is 2.00. The number of methoxy groups -OCH3 is 1. The van der Waals surface area contributed by atoms with E-state index in [1.54, 1.807) is 11.1 Å². The SMILES string of the molecule is COC(=O)C1CC(=O)N(Cc2ccc(C)nc2)C1. The van der Waals surface area contributed by atoms with Crippen LogP contribution < -0.4 is 0 Å². The molecule has 1 aromatic heterocycles. The van der Waals surface area contributed by atoms with Gasteiger partial charge in [0.2, 0.25) is 5.91 Å². The summed E-state index contributed by atoms with van der Waals surface area (Å²) >= 11 is 0. The molecule has 2 rings (SSSR count). The van der Waals surface area contributed by atoms with Crippen molar-refractivity contribution in [3.8, 4) is 0 Å². The maximum Gasteiger partial charge on any atom is 0.310 e. The van der Waals surface area contributed by atoms with E-state index < -0.39 is 0 Å². The van der Waals surface area contributed by atoms with Crippen LogP contribution >= 0.6 is 0 Å². The molecule has 1 aliphatic heterocycles. The Kier molecular flexibility index (Phi) is 3.60. The highest BCUT2D eigenvalue weighted by Gasteiger charge is 2.34. The van der Waals surface area contributed by atoms with Crippen molar-refractivity contribution >= 4 is 11.9 Å². The summed E-state index contributed by atoms with van der Waals surface area (Å²) in [6, 6.07) is 3.86. The molecule has 1 aromatic rings. The van der Waals surface area contributed by atoms with Gasteiger partial charge in [-0.3, -0.25) is 14.6 Å². The molecule has 1 atom stereocenters. The fourth-order valence-electron chi connectivity index (χ4n) is 2.06. The van der Waals surface area contributed by atoms with Gasteiger partial charge in [-0.25, -0.2) is 0 Å². The van der Waals surface area contributed by atoms with E-state index in [4.69, 9.17) is 0 Å². The summed E-state index contributed by atoms with van der Waals surface area (Å²) in [5.74, 6) is -0.653. The molecule has 0 bridgehead atoms. The fourth-order valence-corrected chi connectivity index (χ4v) is 2.06. The van der Waals surface area contributed by atoms with Crippen molar-refractivity contribution in [3.63, 3.8) is 0 Å². The lowest BCUT2D eigenvalue weighted by atomic mass is 10.1. The van der Waals surface area contributed by atoms with E-state index in [0.29, 0.717) is 13.1 Å². The van der Waals surface area contributed by atoms with Gasteiger partial charge in [0, 0.05) is 31.4 Å². The van der Waals surface area contributed by atoms with Crippen LogP contribution in [0.25, 0.3) is 0 Å². The van der Waals surface area contributed by atoms with E-state index in [1.807, 2.05) is 19.1 Å². The van der Waals surface area contributed by atoms with Gasteiger partial charge in [0.15, 0.2) is 0 Å². The number of likely N-dealkylation sites (tertiary alicyclic amines) is 1. The van der Waals surface area contributed by atoms with Crippen molar-refractivity contribution in [2.24, 2.45) is 5.92 Å². The molecular formula is C13H16N2O3. The van der Waals surface area contributed by atoms with Gasteiger partial charge in [-0.05, 0) is 18.6 Å². The predicted octanol–water partition coefficient (Wildman–Crippen LogP) is 0.912. The number of aromatic nitrogens is 1. The molecule has 0 saturated carbocycles. The summed E-state index contributed by atoms with van der Waals surface area (Å²) in [5.41, 5.74) is 1.92. The summed E-state index contributed by atoms with van der Waals surface area (Å²) in [5, 5.41) is 0. The van der Waals surface area contributed by atoms with Crippen LogP contribution in [0.1, 0.15) is 17.7 Å². The van der Waals surface area contributed by atoms with Crippen molar-refractivity contribution in [2.75, 3.05) is 13.7 Å². The molecule has 0 N–H and O–H groups in total. The topological polar surface area (TPSA) is 59.5 Å². The molecule has 1 unspecified atom stereocenters. The van der Waals surface area contributed by atoms with Gasteiger partial charge in [0.25, 0.3) is 0 Å². The predicted molar refractivity (Wildman–Crippen MR) is 64.5 cm³/mol. The van der Waals surface area contributed by atoms with Crippen molar-refractivity contribution in [3.05, 3.63) is 29.6 Å². The average molecular weight is 248 g/mol. The Labute approximate surface area is 106 Å². The smallest absolute Gasteiger partial charge is 0.310 e. The molecule has 1 saturated heterocycles. The maximum atomic E-state index is 11.8. The average Bonchev–Trinajstić information content (AvgIpc) is 2.73. The third-order valence-corrected chi connectivity index (χ3v) is 3.10. The van der Waals surface area contributed by atoms with Crippen molar-refractivity contribution in [1.29, 1.82) is 0 Å². The molecule has 1 fully saturated rings. The molecule has 2 heterocycles. The number of rotatable bonds is 3. The van der Waals surface area contributed by atoms with E-state index >= 15 is 0 Å². The lowest BCUT2D eigenvalue weighted by Gasteiger charge is -2.16. The number of pyridine rings is 1. The Morgan fingerprint density at radius 3 is 2.94 bits per heavy atom. The molecule has 96 valence electrons. The van der Waals surface area contributed by atoms with Crippen LogP contribution in [0, 0.1) is 12.8 Å². The van der Waals surface area contributed by atoms with Crippen LogP contribution in [0.4, 0.5) is 0 Å². The highest BCUT2D eigenvalue weighted by molar-refractivity contribution is 5.86. The van der Waals surface area contributed by atoms with Gasteiger partial charge < -0.3 is 9.64 Å². The van der Waals surface area contributed by atoms with Crippen molar-refractivity contribution in [2.45, 2.75) is 19.9 Å². The van der Waals surface area contributed by atoms with Crippen molar-refractivity contribution in [1.82, 2.24) is 9.88 Å². The molecule has 0 aliphatic carbocycles. The fraction of sp³-hybridized carbons (Fsp3) is 0.462. The molecule has 1 amide bonds. The Balaban J connectivity index is 2.00. The number of carbonyl (C=O) groups excluding carboxylic acids is 2. The third kappa shape index (κ3) is 2.67. The first kappa shape index (κ1) is 12.5. The van der Waals surface area contributed by atoms with Gasteiger partial charge in [-0.2, -0.15) is 0 Å². The molecule has 0 aromatic carbocycles. The number of carbonyl (C=O) groups is 2. The second kappa shape index (κ2) is 5.16. The molecule has 0 spiro atoms. The summed E-state index contributed by atoms with van der Waals surface area (Å²) in [7, 11) is 1.35. The van der Waals surface area contributed by atoms with Gasteiger partial charge in [0.05, 0.1) is 13.0 Å². The minimum atomic E-state index is -0.332. The van der Waals surface area contributed by atoms with E-state index in [1.165, 1.54) is 7.11 Å². The highest BCUT2D eigenvalue weighted by Crippen LogP contribution is 2.20. The number of aryl methyl sites for hydroxylation is 1. The maximum absolute atomic E-state index is 11.8. The Bertz CT molecular complexity index is 456. The monoisotopic (exact) mass is 248 g/mol. The van der Waals surface area contributed by atoms with Gasteiger partial charge in [-0.15, -0.1) is 0 Å². The van der Waals surface area contributed by atoms with E-state index in [9.17, 15) is 9.59 Å². The minimum Gasteiger partial charge on any atom is -0.469 e. The normalized spacial score (nSPS) is 19.1. The van der Waals surface area contributed by atoms with E-state index in [0.717, 1.165) is 11.3 Å². The third-order valence-electron chi connectivity index (χ3n) is 3.10. The minimum absolute atomic E-state index is 0.00836. The quantitative estimate of drug-likeness (QED) is 0.746. The largest absolute Gasteiger partial charge is 0.469 e. The van der Waals surface area contributed by atoms with Gasteiger partial charge >= 0.3 is 5.97 Å². The van der Waals surface area contributed by atoms with Crippen LogP contribution in [-0.2, 0) is 20.9 Å². The second-order valence-electron chi connectivity index (χ2n) is 4.51. The molecule has 0 radical (unpaired) electrons. The molecule has 18 heavy (non-hydrogen) atoms. The van der Waals surface area contributed by atoms with E-state index in [-0.39, 0.29) is 24.2 Å². The van der Waals surface area contributed by atoms with Crippen LogP contribution in [-0.4, -0.2) is 35.4 Å². The Hall–Kier alpha value is -1.91. The summed E-state index contributed by atoms with van der Waals surface area (Å²) < 4.78 is 4.67. The zero-order valence-electron chi connectivity index (χ0n) is 10.5. The van der Waals surface area contributed by atoms with Crippen LogP contribution in [0.2, 0.25) is 0 Å². The first-order valence-corrected chi connectivity index (χ1v) is 5.87. The summed E-state index contributed by atoms with van der Waals surface area (Å²) in [4.78, 5) is 29.0. The van der Waals surface area contributed by atoms with Crippen molar-refractivity contribution < 1.29 is 14.3 Å². The number of ether oxygens (including phenoxy) is 1.